The summed E-state index contributed by atoms with van der Waals surface area (Å²) in [5, 5.41) is 0. The average molecular weight is 367 g/mol. The molecule has 1 atom stereocenters. The maximum atomic E-state index is 12.5. The number of carbonyl (C=O) groups excluding carboxylic acids is 1. The molecule has 140 valence electrons. The lowest BCUT2D eigenvalue weighted by Gasteiger charge is -2.11. The molecule has 3 aromatic rings. The zero-order valence-corrected chi connectivity index (χ0v) is 15.3. The minimum atomic E-state index is -0.710. The number of nitrogens with one attached hydrogen (secondary N) is 1. The maximum Gasteiger partial charge on any atom is 0.327 e. The molecule has 1 saturated heterocycles. The number of aryl methyl sites for hydroxylation is 2. The summed E-state index contributed by atoms with van der Waals surface area (Å²) in [7, 11) is 0. The summed E-state index contributed by atoms with van der Waals surface area (Å²) >= 11 is 0. The molecule has 0 spiro atoms. The van der Waals surface area contributed by atoms with Gasteiger partial charge in [0.2, 0.25) is 0 Å². The van der Waals surface area contributed by atoms with Gasteiger partial charge in [-0.3, -0.25) is 9.36 Å². The van der Waals surface area contributed by atoms with Gasteiger partial charge in [-0.05, 0) is 43.9 Å². The van der Waals surface area contributed by atoms with Gasteiger partial charge in [0.15, 0.2) is 17.2 Å². The number of aromatic nitrogens is 4. The van der Waals surface area contributed by atoms with Crippen LogP contribution in [0.3, 0.4) is 0 Å². The number of imidazole rings is 1. The second-order valence-corrected chi connectivity index (χ2v) is 6.93. The Morgan fingerprint density at radius 3 is 2.81 bits per heavy atom. The fraction of sp³-hybridized carbons (Fsp3) is 0.368. The highest BCUT2D eigenvalue weighted by Crippen LogP contribution is 2.23. The number of rotatable bonds is 4. The molecule has 3 heterocycles. The predicted octanol–water partition coefficient (Wildman–Crippen LogP) is 1.68. The van der Waals surface area contributed by atoms with E-state index < -0.39 is 5.91 Å². The van der Waals surface area contributed by atoms with Crippen LogP contribution in [-0.4, -0.2) is 38.1 Å². The number of hydrogen-bond donors (Lipinski definition) is 2. The van der Waals surface area contributed by atoms with E-state index in [0.29, 0.717) is 24.6 Å². The maximum absolute atomic E-state index is 12.5. The Kier molecular flexibility index (Phi) is 4.27. The van der Waals surface area contributed by atoms with Gasteiger partial charge >= 0.3 is 5.69 Å². The van der Waals surface area contributed by atoms with Crippen molar-refractivity contribution in [3.8, 4) is 11.4 Å². The Balaban J connectivity index is 1.91. The second kappa shape index (κ2) is 6.62. The molecular weight excluding hydrogens is 346 g/mol. The van der Waals surface area contributed by atoms with Gasteiger partial charge in [0.1, 0.15) is 5.52 Å². The van der Waals surface area contributed by atoms with Crippen LogP contribution in [-0.2, 0) is 11.3 Å². The van der Waals surface area contributed by atoms with E-state index in [4.69, 9.17) is 10.5 Å². The number of hydrogen-bond acceptors (Lipinski definition) is 5. The zero-order chi connectivity index (χ0) is 19.1. The number of aromatic amines is 1. The van der Waals surface area contributed by atoms with Crippen molar-refractivity contribution in [3.05, 3.63) is 45.5 Å². The van der Waals surface area contributed by atoms with Crippen LogP contribution >= 0.6 is 0 Å². The zero-order valence-electron chi connectivity index (χ0n) is 15.3. The largest absolute Gasteiger partial charge is 0.376 e. The van der Waals surface area contributed by atoms with E-state index in [1.54, 1.807) is 0 Å². The van der Waals surface area contributed by atoms with Gasteiger partial charge in [-0.15, -0.1) is 0 Å². The first kappa shape index (κ1) is 17.4. The predicted molar refractivity (Wildman–Crippen MR) is 101 cm³/mol. The standard InChI is InChI=1S/C19H21N5O3/c1-10-5-6-12(8-11(10)2)17-21-14(16(20)25)15-18(23-17)24(19(26)22-15)9-13-4-3-7-27-13/h5-6,8,13H,3-4,7,9H2,1-2H3,(H2,20,25)(H,22,26). The summed E-state index contributed by atoms with van der Waals surface area (Å²) in [5.74, 6) is -0.350. The number of ether oxygens (including phenoxy) is 1. The number of benzene rings is 1. The van der Waals surface area contributed by atoms with E-state index in [1.807, 2.05) is 32.0 Å². The van der Waals surface area contributed by atoms with Crippen molar-refractivity contribution in [2.75, 3.05) is 6.61 Å². The van der Waals surface area contributed by atoms with E-state index in [9.17, 15) is 9.59 Å². The second-order valence-electron chi connectivity index (χ2n) is 6.93. The number of fused-ring (bicyclic) bond motifs is 1. The van der Waals surface area contributed by atoms with Crippen LogP contribution in [0.2, 0.25) is 0 Å². The van der Waals surface area contributed by atoms with Gasteiger partial charge < -0.3 is 15.5 Å². The fourth-order valence-corrected chi connectivity index (χ4v) is 3.38. The molecule has 1 amide bonds. The number of nitrogens with zero attached hydrogens (tertiary/aromatic N) is 3. The van der Waals surface area contributed by atoms with E-state index in [0.717, 1.165) is 29.5 Å². The van der Waals surface area contributed by atoms with Crippen LogP contribution in [0.4, 0.5) is 0 Å². The Morgan fingerprint density at radius 2 is 2.15 bits per heavy atom. The van der Waals surface area contributed by atoms with Gasteiger partial charge in [-0.2, -0.15) is 0 Å². The van der Waals surface area contributed by atoms with E-state index in [1.165, 1.54) is 4.57 Å². The van der Waals surface area contributed by atoms with Gasteiger partial charge in [0.25, 0.3) is 5.91 Å². The Hall–Kier alpha value is -3.00. The molecule has 2 aromatic heterocycles. The first-order chi connectivity index (χ1) is 12.9. The van der Waals surface area contributed by atoms with Gasteiger partial charge in [0.05, 0.1) is 12.6 Å². The average Bonchev–Trinajstić information content (AvgIpc) is 3.25. The Labute approximate surface area is 155 Å². The van der Waals surface area contributed by atoms with Crippen LogP contribution in [0, 0.1) is 13.8 Å². The molecule has 1 aliphatic heterocycles. The van der Waals surface area contributed by atoms with Gasteiger partial charge in [0, 0.05) is 12.2 Å². The third-order valence-electron chi connectivity index (χ3n) is 5.03. The number of primary amides is 1. The van der Waals surface area contributed by atoms with Crippen molar-refractivity contribution in [2.24, 2.45) is 5.73 Å². The Morgan fingerprint density at radius 1 is 1.33 bits per heavy atom. The first-order valence-electron chi connectivity index (χ1n) is 8.93. The molecule has 8 nitrogen and oxygen atoms in total. The number of nitrogens with two attached hydrogens (primary N) is 1. The molecule has 0 bridgehead atoms. The van der Waals surface area contributed by atoms with E-state index in [2.05, 4.69) is 15.0 Å². The molecule has 27 heavy (non-hydrogen) atoms. The molecule has 0 saturated carbocycles. The summed E-state index contributed by atoms with van der Waals surface area (Å²) in [4.78, 5) is 36.0. The van der Waals surface area contributed by atoms with Crippen LogP contribution < -0.4 is 11.4 Å². The van der Waals surface area contributed by atoms with E-state index >= 15 is 0 Å². The molecule has 8 heteroatoms. The normalized spacial score (nSPS) is 16.9. The molecule has 1 aromatic carbocycles. The number of amides is 1. The lowest BCUT2D eigenvalue weighted by molar-refractivity contribution is 0.0970. The lowest BCUT2D eigenvalue weighted by Crippen LogP contribution is -2.24. The van der Waals surface area contributed by atoms with Crippen molar-refractivity contribution in [1.82, 2.24) is 19.5 Å². The molecule has 0 aliphatic carbocycles. The van der Waals surface area contributed by atoms with Crippen LogP contribution in [0.5, 0.6) is 0 Å². The van der Waals surface area contributed by atoms with E-state index in [-0.39, 0.29) is 23.0 Å². The first-order valence-corrected chi connectivity index (χ1v) is 8.93. The highest BCUT2D eigenvalue weighted by Gasteiger charge is 2.23. The Bertz CT molecular complexity index is 1090. The summed E-state index contributed by atoms with van der Waals surface area (Å²) in [5.41, 5.74) is 8.80. The minimum absolute atomic E-state index is 0.0106. The van der Waals surface area contributed by atoms with Crippen molar-refractivity contribution in [1.29, 1.82) is 0 Å². The summed E-state index contributed by atoms with van der Waals surface area (Å²) in [6, 6.07) is 5.82. The third kappa shape index (κ3) is 3.12. The third-order valence-corrected chi connectivity index (χ3v) is 5.03. The van der Waals surface area contributed by atoms with Crippen molar-refractivity contribution >= 4 is 17.1 Å². The van der Waals surface area contributed by atoms with Gasteiger partial charge in [-0.1, -0.05) is 12.1 Å². The fourth-order valence-electron chi connectivity index (χ4n) is 3.38. The molecule has 1 unspecified atom stereocenters. The summed E-state index contributed by atoms with van der Waals surface area (Å²) in [6.45, 7) is 5.08. The molecule has 0 radical (unpaired) electrons. The SMILES string of the molecule is Cc1ccc(-c2nc(C(N)=O)c3[nH]c(=O)n(CC4CCCO4)c3n2)cc1C. The molecule has 1 fully saturated rings. The lowest BCUT2D eigenvalue weighted by atomic mass is 10.1. The minimum Gasteiger partial charge on any atom is -0.376 e. The summed E-state index contributed by atoms with van der Waals surface area (Å²) < 4.78 is 7.15. The smallest absolute Gasteiger partial charge is 0.327 e. The van der Waals surface area contributed by atoms with Crippen LogP contribution in [0.15, 0.2) is 23.0 Å². The molecule has 4 rings (SSSR count). The number of H-pyrrole nitrogens is 1. The van der Waals surface area contributed by atoms with Gasteiger partial charge in [-0.25, -0.2) is 14.8 Å². The van der Waals surface area contributed by atoms with Crippen LogP contribution in [0.1, 0.15) is 34.5 Å². The molecule has 1 aliphatic rings. The highest BCUT2D eigenvalue weighted by atomic mass is 16.5. The van der Waals surface area contributed by atoms with Crippen molar-refractivity contribution < 1.29 is 9.53 Å². The van der Waals surface area contributed by atoms with Crippen molar-refractivity contribution in [3.63, 3.8) is 0 Å². The monoisotopic (exact) mass is 367 g/mol. The molecular formula is C19H21N5O3. The topological polar surface area (TPSA) is 116 Å². The summed E-state index contributed by atoms with van der Waals surface area (Å²) in [6.07, 6.45) is 1.81. The number of carbonyl (C=O) groups is 1. The quantitative estimate of drug-likeness (QED) is 0.728. The highest BCUT2D eigenvalue weighted by molar-refractivity contribution is 6.01. The van der Waals surface area contributed by atoms with Crippen LogP contribution in [0.25, 0.3) is 22.6 Å². The molecule has 3 N–H and O–H groups in total. The van der Waals surface area contributed by atoms with Crippen molar-refractivity contribution in [2.45, 2.75) is 39.3 Å².